The summed E-state index contributed by atoms with van der Waals surface area (Å²) in [5.74, 6) is -0.0563. The molecule has 0 heterocycles. The topological polar surface area (TPSA) is 118 Å². The molecular formula is C30H43O9P. The molecule has 0 bridgehead atoms. The molecule has 0 aliphatic carbocycles. The molecule has 1 N–H and O–H groups in total. The molecule has 2 atom stereocenters. The van der Waals surface area contributed by atoms with E-state index in [9.17, 15) is 19.3 Å². The lowest BCUT2D eigenvalue weighted by Crippen LogP contribution is -2.24. The van der Waals surface area contributed by atoms with Gasteiger partial charge in [-0.2, -0.15) is 0 Å². The second kappa shape index (κ2) is 14.7. The van der Waals surface area contributed by atoms with Crippen molar-refractivity contribution in [2.45, 2.75) is 80.6 Å². The number of phenols is 1. The highest BCUT2D eigenvalue weighted by Crippen LogP contribution is 2.48. The molecule has 2 aromatic carbocycles. The molecular weight excluding hydrogens is 535 g/mol. The predicted octanol–water partition coefficient (Wildman–Crippen LogP) is 7.13. The number of aryl methyl sites for hydroxylation is 2. The van der Waals surface area contributed by atoms with Gasteiger partial charge >= 0.3 is 19.5 Å². The van der Waals surface area contributed by atoms with Crippen LogP contribution < -0.4 is 4.74 Å². The summed E-state index contributed by atoms with van der Waals surface area (Å²) in [6.07, 6.45) is 1.24. The van der Waals surface area contributed by atoms with Crippen LogP contribution in [-0.4, -0.2) is 37.0 Å². The van der Waals surface area contributed by atoms with Crippen molar-refractivity contribution >= 4 is 19.5 Å². The molecule has 0 aromatic heterocycles. The molecule has 9 nitrogen and oxygen atoms in total. The molecule has 0 saturated heterocycles. The van der Waals surface area contributed by atoms with E-state index in [0.29, 0.717) is 17.9 Å². The van der Waals surface area contributed by atoms with Crippen LogP contribution in [-0.2, 0) is 39.1 Å². The van der Waals surface area contributed by atoms with Crippen LogP contribution in [0, 0.1) is 19.3 Å². The Kier molecular flexibility index (Phi) is 12.2. The predicted molar refractivity (Wildman–Crippen MR) is 152 cm³/mol. The highest BCUT2D eigenvalue weighted by atomic mass is 31.2. The summed E-state index contributed by atoms with van der Waals surface area (Å²) in [6.45, 7) is 13.6. The van der Waals surface area contributed by atoms with Crippen molar-refractivity contribution in [1.82, 2.24) is 0 Å². The number of benzene rings is 2. The third-order valence-corrected chi connectivity index (χ3v) is 7.93. The van der Waals surface area contributed by atoms with Crippen LogP contribution in [0.15, 0.2) is 30.3 Å². The molecule has 2 rings (SSSR count). The molecule has 222 valence electrons. The Morgan fingerprint density at radius 3 is 2.12 bits per heavy atom. The largest absolute Gasteiger partial charge is 0.508 e. The number of aromatic hydroxyl groups is 1. The Morgan fingerprint density at radius 1 is 0.975 bits per heavy atom. The van der Waals surface area contributed by atoms with Crippen molar-refractivity contribution in [3.63, 3.8) is 0 Å². The van der Waals surface area contributed by atoms with Gasteiger partial charge in [0.1, 0.15) is 11.5 Å². The standard InChI is InChI=1S/C30H43O9P/c1-9-20(3)26-16-23(11-12-27(26)31)15-25-21(4)13-24(14-22(25)5)37-19-40(34,38-17-35-28(32)10-2)39-18-36-29(33)30(6,7)8/h11-14,16,20,31H,9-10,15,17-19H2,1-8H3. The lowest BCUT2D eigenvalue weighted by atomic mass is 9.91. The van der Waals surface area contributed by atoms with Gasteiger partial charge in [-0.05, 0) is 99.4 Å². The van der Waals surface area contributed by atoms with Gasteiger partial charge in [0.15, 0.2) is 6.35 Å². The summed E-state index contributed by atoms with van der Waals surface area (Å²) in [5, 5.41) is 10.3. The fourth-order valence-corrected chi connectivity index (χ4v) is 4.72. The van der Waals surface area contributed by atoms with E-state index in [4.69, 9.17) is 23.3 Å². The number of esters is 2. The number of hydrogen-bond acceptors (Lipinski definition) is 9. The minimum absolute atomic E-state index is 0.127. The van der Waals surface area contributed by atoms with Crippen molar-refractivity contribution in [1.29, 1.82) is 0 Å². The Balaban J connectivity index is 2.15. The number of ether oxygens (including phenoxy) is 3. The number of rotatable bonds is 14. The number of hydrogen-bond donors (Lipinski definition) is 1. The quantitative estimate of drug-likeness (QED) is 0.142. The smallest absolute Gasteiger partial charge is 0.373 e. The van der Waals surface area contributed by atoms with Crippen LogP contribution in [0.3, 0.4) is 0 Å². The monoisotopic (exact) mass is 578 g/mol. The summed E-state index contributed by atoms with van der Waals surface area (Å²) >= 11 is 0. The van der Waals surface area contributed by atoms with Gasteiger partial charge in [0.05, 0.1) is 5.41 Å². The van der Waals surface area contributed by atoms with E-state index in [1.807, 2.05) is 32.0 Å². The highest BCUT2D eigenvalue weighted by molar-refractivity contribution is 7.53. The first-order valence-corrected chi connectivity index (χ1v) is 15.2. The minimum Gasteiger partial charge on any atom is -0.508 e. The Bertz CT molecular complexity index is 1190. The minimum atomic E-state index is -3.98. The van der Waals surface area contributed by atoms with E-state index in [1.54, 1.807) is 33.8 Å². The summed E-state index contributed by atoms with van der Waals surface area (Å²) in [4.78, 5) is 23.5. The molecule has 0 radical (unpaired) electrons. The average Bonchev–Trinajstić information content (AvgIpc) is 2.89. The average molecular weight is 579 g/mol. The molecule has 0 amide bonds. The van der Waals surface area contributed by atoms with Gasteiger partial charge in [0, 0.05) is 6.42 Å². The first-order chi connectivity index (χ1) is 18.7. The number of carbonyl (C=O) groups is 2. The van der Waals surface area contributed by atoms with Crippen LogP contribution in [0.25, 0.3) is 0 Å². The molecule has 0 aliphatic heterocycles. The molecule has 0 aliphatic rings. The van der Waals surface area contributed by atoms with E-state index in [1.165, 1.54) is 0 Å². The fourth-order valence-electron chi connectivity index (χ4n) is 3.77. The summed E-state index contributed by atoms with van der Waals surface area (Å²) < 4.78 is 39.6. The Labute approximate surface area is 237 Å². The summed E-state index contributed by atoms with van der Waals surface area (Å²) in [7, 11) is -3.98. The molecule has 2 aromatic rings. The third kappa shape index (κ3) is 9.95. The van der Waals surface area contributed by atoms with Gasteiger partial charge in [0.2, 0.25) is 13.6 Å². The van der Waals surface area contributed by atoms with Crippen LogP contribution in [0.5, 0.6) is 11.5 Å². The zero-order valence-corrected chi connectivity index (χ0v) is 25.8. The maximum absolute atomic E-state index is 13.3. The van der Waals surface area contributed by atoms with Gasteiger partial charge in [-0.1, -0.05) is 32.9 Å². The van der Waals surface area contributed by atoms with E-state index in [-0.39, 0.29) is 12.3 Å². The fraction of sp³-hybridized carbons (Fsp3) is 0.533. The molecule has 0 saturated carbocycles. The van der Waals surface area contributed by atoms with Crippen LogP contribution in [0.2, 0.25) is 0 Å². The van der Waals surface area contributed by atoms with Gasteiger partial charge in [0.25, 0.3) is 0 Å². The van der Waals surface area contributed by atoms with Crippen LogP contribution in [0.4, 0.5) is 0 Å². The lowest BCUT2D eigenvalue weighted by molar-refractivity contribution is -0.160. The maximum Gasteiger partial charge on any atom is 0.373 e. The first-order valence-electron chi connectivity index (χ1n) is 13.4. The third-order valence-electron chi connectivity index (χ3n) is 6.48. The Morgan fingerprint density at radius 2 is 1.57 bits per heavy atom. The lowest BCUT2D eigenvalue weighted by Gasteiger charge is -2.21. The SMILES string of the molecule is CCC(=O)OCOP(=O)(COc1cc(C)c(Cc2ccc(O)c(C(C)CC)c2)c(C)c1)OCOC(=O)C(C)(C)C. The summed E-state index contributed by atoms with van der Waals surface area (Å²) in [5.41, 5.74) is 4.31. The van der Waals surface area contributed by atoms with Gasteiger partial charge in [-0.25, -0.2) is 0 Å². The van der Waals surface area contributed by atoms with Crippen molar-refractivity contribution in [2.24, 2.45) is 5.41 Å². The van der Waals surface area contributed by atoms with Crippen molar-refractivity contribution in [2.75, 3.05) is 19.9 Å². The summed E-state index contributed by atoms with van der Waals surface area (Å²) in [6, 6.07) is 9.38. The van der Waals surface area contributed by atoms with Crippen LogP contribution in [0.1, 0.15) is 88.1 Å². The van der Waals surface area contributed by atoms with E-state index < -0.39 is 44.9 Å². The molecule has 0 spiro atoms. The molecule has 0 fully saturated rings. The van der Waals surface area contributed by atoms with Crippen molar-refractivity contribution in [3.8, 4) is 11.5 Å². The van der Waals surface area contributed by atoms with Gasteiger partial charge in [-0.3, -0.25) is 23.2 Å². The molecule has 10 heteroatoms. The normalized spacial score (nSPS) is 13.8. The van der Waals surface area contributed by atoms with Gasteiger partial charge in [-0.15, -0.1) is 0 Å². The zero-order chi connectivity index (χ0) is 30.1. The second-order valence-electron chi connectivity index (χ2n) is 10.8. The van der Waals surface area contributed by atoms with E-state index in [0.717, 1.165) is 34.2 Å². The number of carbonyl (C=O) groups excluding carboxylic acids is 2. The van der Waals surface area contributed by atoms with Crippen molar-refractivity contribution < 1.29 is 42.5 Å². The zero-order valence-electron chi connectivity index (χ0n) is 24.9. The molecule has 2 unspecified atom stereocenters. The molecule has 40 heavy (non-hydrogen) atoms. The van der Waals surface area contributed by atoms with Gasteiger partial charge < -0.3 is 19.3 Å². The van der Waals surface area contributed by atoms with E-state index >= 15 is 0 Å². The maximum atomic E-state index is 13.3. The Hall–Kier alpha value is -2.87. The first kappa shape index (κ1) is 33.3. The van der Waals surface area contributed by atoms with E-state index in [2.05, 4.69) is 19.9 Å². The van der Waals surface area contributed by atoms with Crippen LogP contribution >= 0.6 is 7.60 Å². The highest BCUT2D eigenvalue weighted by Gasteiger charge is 2.30. The number of phenolic OH excluding ortho intramolecular Hbond substituents is 1. The van der Waals surface area contributed by atoms with Crippen molar-refractivity contribution in [3.05, 3.63) is 58.1 Å². The second-order valence-corrected chi connectivity index (χ2v) is 12.8.